The summed E-state index contributed by atoms with van der Waals surface area (Å²) in [5, 5.41) is 0. The predicted octanol–water partition coefficient (Wildman–Crippen LogP) is 2.92. The Hall–Kier alpha value is -1.84. The minimum absolute atomic E-state index is 0.0393. The number of likely N-dealkylation sites (N-methyl/N-ethyl adjacent to an activating group) is 2. The van der Waals surface area contributed by atoms with Gasteiger partial charge in [-0.1, -0.05) is 25.1 Å². The van der Waals surface area contributed by atoms with Crippen molar-refractivity contribution in [2.75, 3.05) is 20.1 Å². The van der Waals surface area contributed by atoms with E-state index in [-0.39, 0.29) is 17.2 Å². The number of likely N-dealkylation sites (tertiary alicyclic amines) is 1. The Morgan fingerprint density at radius 3 is 2.68 bits per heavy atom. The van der Waals surface area contributed by atoms with Gasteiger partial charge < -0.3 is 9.80 Å². The lowest BCUT2D eigenvalue weighted by atomic mass is 9.63. The van der Waals surface area contributed by atoms with Crippen LogP contribution in [-0.2, 0) is 27.8 Å². The molecule has 2 atom stereocenters. The summed E-state index contributed by atoms with van der Waals surface area (Å²) in [6.07, 6.45) is 4.03. The van der Waals surface area contributed by atoms with Crippen molar-refractivity contribution in [1.82, 2.24) is 9.80 Å². The molecule has 0 spiro atoms. The lowest BCUT2D eigenvalue weighted by molar-refractivity contribution is -0.138. The Balaban J connectivity index is 1.85. The summed E-state index contributed by atoms with van der Waals surface area (Å²) < 4.78 is 0. The fourth-order valence-corrected chi connectivity index (χ4v) is 4.81. The molecule has 1 aromatic carbocycles. The lowest BCUT2D eigenvalue weighted by Gasteiger charge is -2.50. The van der Waals surface area contributed by atoms with E-state index in [9.17, 15) is 9.59 Å². The maximum Gasteiger partial charge on any atom is 0.226 e. The number of piperidine rings is 1. The molecule has 1 aromatic rings. The molecule has 2 aliphatic rings. The first-order chi connectivity index (χ1) is 11.9. The first-order valence-corrected chi connectivity index (χ1v) is 9.56. The van der Waals surface area contributed by atoms with Gasteiger partial charge in [-0.05, 0) is 49.8 Å². The number of hydrogen-bond acceptors (Lipinski definition) is 2. The van der Waals surface area contributed by atoms with Crippen LogP contribution in [0.25, 0.3) is 0 Å². The zero-order valence-corrected chi connectivity index (χ0v) is 16.0. The number of amides is 2. The first kappa shape index (κ1) is 18.0. The molecule has 3 rings (SSSR count). The number of carbonyl (C=O) groups is 2. The highest BCUT2D eigenvalue weighted by Crippen LogP contribution is 2.45. The molecule has 1 aliphatic carbocycles. The highest BCUT2D eigenvalue weighted by molar-refractivity contribution is 5.79. The highest BCUT2D eigenvalue weighted by Gasteiger charge is 2.46. The molecule has 0 unspecified atom stereocenters. The molecule has 0 radical (unpaired) electrons. The zero-order chi connectivity index (χ0) is 18.2. The van der Waals surface area contributed by atoms with Crippen LogP contribution in [0.1, 0.15) is 56.7 Å². The van der Waals surface area contributed by atoms with Crippen molar-refractivity contribution in [2.45, 2.75) is 64.3 Å². The van der Waals surface area contributed by atoms with Crippen molar-refractivity contribution < 1.29 is 9.59 Å². The van der Waals surface area contributed by atoms with Crippen LogP contribution in [0.5, 0.6) is 0 Å². The van der Waals surface area contributed by atoms with Crippen molar-refractivity contribution in [3.05, 3.63) is 34.9 Å². The van der Waals surface area contributed by atoms with E-state index in [1.165, 1.54) is 11.1 Å². The fourth-order valence-electron chi connectivity index (χ4n) is 4.81. The SMILES string of the molecule is CCN(CC)C(=O)Cc1ccc2c(c1)CC[C@H]1N(C)C(=O)CC[C@]21C. The van der Waals surface area contributed by atoms with E-state index >= 15 is 0 Å². The van der Waals surface area contributed by atoms with Crippen LogP contribution < -0.4 is 0 Å². The van der Waals surface area contributed by atoms with Crippen molar-refractivity contribution in [3.8, 4) is 0 Å². The van der Waals surface area contributed by atoms with Gasteiger partial charge in [-0.25, -0.2) is 0 Å². The quantitative estimate of drug-likeness (QED) is 0.844. The van der Waals surface area contributed by atoms with Gasteiger partial charge in [0.2, 0.25) is 11.8 Å². The highest BCUT2D eigenvalue weighted by atomic mass is 16.2. The summed E-state index contributed by atoms with van der Waals surface area (Å²) >= 11 is 0. The minimum Gasteiger partial charge on any atom is -0.343 e. The minimum atomic E-state index is 0.0393. The van der Waals surface area contributed by atoms with Crippen LogP contribution in [-0.4, -0.2) is 47.8 Å². The van der Waals surface area contributed by atoms with Gasteiger partial charge in [0.15, 0.2) is 0 Å². The molecule has 25 heavy (non-hydrogen) atoms. The van der Waals surface area contributed by atoms with Gasteiger partial charge in [-0.15, -0.1) is 0 Å². The average molecular weight is 342 g/mol. The van der Waals surface area contributed by atoms with Crippen LogP contribution >= 0.6 is 0 Å². The van der Waals surface area contributed by atoms with E-state index in [4.69, 9.17) is 0 Å². The number of rotatable bonds is 4. The number of hydrogen-bond donors (Lipinski definition) is 0. The molecule has 0 bridgehead atoms. The Kier molecular flexibility index (Phi) is 4.90. The maximum atomic E-state index is 12.4. The van der Waals surface area contributed by atoms with E-state index in [1.807, 2.05) is 30.7 Å². The molecular formula is C21H30N2O2. The molecule has 1 fully saturated rings. The molecule has 4 nitrogen and oxygen atoms in total. The third kappa shape index (κ3) is 3.07. The average Bonchev–Trinajstić information content (AvgIpc) is 2.59. The third-order valence-corrected chi connectivity index (χ3v) is 6.40. The molecule has 136 valence electrons. The van der Waals surface area contributed by atoms with E-state index in [0.29, 0.717) is 18.9 Å². The number of carbonyl (C=O) groups excluding carboxylic acids is 2. The molecular weight excluding hydrogens is 312 g/mol. The molecule has 2 amide bonds. The summed E-state index contributed by atoms with van der Waals surface area (Å²) in [7, 11) is 1.95. The second kappa shape index (κ2) is 6.81. The number of nitrogens with zero attached hydrogens (tertiary/aromatic N) is 2. The van der Waals surface area contributed by atoms with Gasteiger partial charge in [-0.3, -0.25) is 9.59 Å². The summed E-state index contributed by atoms with van der Waals surface area (Å²) in [5.74, 6) is 0.472. The second-order valence-corrected chi connectivity index (χ2v) is 7.71. The molecule has 4 heteroatoms. The van der Waals surface area contributed by atoms with E-state index in [0.717, 1.165) is 37.9 Å². The second-order valence-electron chi connectivity index (χ2n) is 7.71. The van der Waals surface area contributed by atoms with E-state index < -0.39 is 0 Å². The van der Waals surface area contributed by atoms with E-state index in [2.05, 4.69) is 25.1 Å². The van der Waals surface area contributed by atoms with Crippen molar-refractivity contribution in [1.29, 1.82) is 0 Å². The van der Waals surface area contributed by atoms with Gasteiger partial charge in [0.25, 0.3) is 0 Å². The molecule has 0 aromatic heterocycles. The maximum absolute atomic E-state index is 12.4. The number of fused-ring (bicyclic) bond motifs is 3. The Labute approximate surface area is 151 Å². The normalized spacial score (nSPS) is 25.4. The zero-order valence-electron chi connectivity index (χ0n) is 16.0. The van der Waals surface area contributed by atoms with Gasteiger partial charge in [0.05, 0.1) is 6.42 Å². The predicted molar refractivity (Wildman–Crippen MR) is 99.5 cm³/mol. The van der Waals surface area contributed by atoms with Crippen molar-refractivity contribution in [3.63, 3.8) is 0 Å². The smallest absolute Gasteiger partial charge is 0.226 e. The molecule has 0 N–H and O–H groups in total. The number of benzene rings is 1. The standard InChI is InChI=1S/C21H30N2O2/c1-5-23(6-2)20(25)14-15-7-9-17-16(13-15)8-10-18-21(17,3)12-11-19(24)22(18)4/h7,9,13,18H,5-6,8,10-12,14H2,1-4H3/t18-,21-/m1/s1. The molecule has 1 saturated heterocycles. The van der Waals surface area contributed by atoms with Crippen LogP contribution in [0.4, 0.5) is 0 Å². The summed E-state index contributed by atoms with van der Waals surface area (Å²) in [6.45, 7) is 7.88. The lowest BCUT2D eigenvalue weighted by Crippen LogP contribution is -2.56. The first-order valence-electron chi connectivity index (χ1n) is 9.56. The molecule has 0 saturated carbocycles. The van der Waals surface area contributed by atoms with Crippen LogP contribution in [0.2, 0.25) is 0 Å². The van der Waals surface area contributed by atoms with Gasteiger partial charge in [-0.2, -0.15) is 0 Å². The van der Waals surface area contributed by atoms with Gasteiger partial charge in [0.1, 0.15) is 0 Å². The number of aryl methyl sites for hydroxylation is 1. The summed E-state index contributed by atoms with van der Waals surface area (Å²) in [6, 6.07) is 6.86. The van der Waals surface area contributed by atoms with Crippen molar-refractivity contribution in [2.24, 2.45) is 0 Å². The van der Waals surface area contributed by atoms with Crippen molar-refractivity contribution >= 4 is 11.8 Å². The monoisotopic (exact) mass is 342 g/mol. The molecule has 1 aliphatic heterocycles. The summed E-state index contributed by atoms with van der Waals surface area (Å²) in [5.41, 5.74) is 3.89. The van der Waals surface area contributed by atoms with Crippen LogP contribution in [0.3, 0.4) is 0 Å². The molecule has 1 heterocycles. The third-order valence-electron chi connectivity index (χ3n) is 6.40. The van der Waals surface area contributed by atoms with Crippen LogP contribution in [0.15, 0.2) is 18.2 Å². The van der Waals surface area contributed by atoms with Gasteiger partial charge in [0, 0.05) is 38.0 Å². The Bertz CT molecular complexity index is 680. The largest absolute Gasteiger partial charge is 0.343 e. The van der Waals surface area contributed by atoms with Gasteiger partial charge >= 0.3 is 0 Å². The Morgan fingerprint density at radius 1 is 1.28 bits per heavy atom. The fraction of sp³-hybridized carbons (Fsp3) is 0.619. The topological polar surface area (TPSA) is 40.6 Å². The van der Waals surface area contributed by atoms with Crippen LogP contribution in [0, 0.1) is 0 Å². The summed E-state index contributed by atoms with van der Waals surface area (Å²) in [4.78, 5) is 28.3. The van der Waals surface area contributed by atoms with E-state index in [1.54, 1.807) is 0 Å². The Morgan fingerprint density at radius 2 is 2.00 bits per heavy atom.